The van der Waals surface area contributed by atoms with Gasteiger partial charge in [0.05, 0.1) is 12.9 Å². The number of anilines is 3. The highest BCUT2D eigenvalue weighted by Gasteiger charge is 2.44. The summed E-state index contributed by atoms with van der Waals surface area (Å²) in [5.74, 6) is 0.994. The Labute approximate surface area is 178 Å². The Bertz CT molecular complexity index is 1040. The van der Waals surface area contributed by atoms with Gasteiger partial charge in [-0.15, -0.1) is 0 Å². The predicted octanol–water partition coefficient (Wildman–Crippen LogP) is 1.54. The smallest absolute Gasteiger partial charge is 0.227 e. The van der Waals surface area contributed by atoms with E-state index in [1.807, 2.05) is 30.3 Å². The zero-order chi connectivity index (χ0) is 21.4. The molecule has 5 N–H and O–H groups in total. The lowest BCUT2D eigenvalue weighted by molar-refractivity contribution is -0.0511. The van der Waals surface area contributed by atoms with Gasteiger partial charge in [-0.2, -0.15) is 9.97 Å². The quantitative estimate of drug-likeness (QED) is 0.397. The molecule has 1 aliphatic carbocycles. The van der Waals surface area contributed by atoms with Crippen molar-refractivity contribution in [2.45, 2.75) is 56.3 Å². The van der Waals surface area contributed by atoms with Crippen molar-refractivity contribution in [3.63, 3.8) is 0 Å². The zero-order valence-electron chi connectivity index (χ0n) is 16.9. The standard InChI is InChI=1S/C21H26N6O4/c28-10-14-16(29)17(30)20(31-14)27-11-22-15-18(23-12-6-2-1-3-7-12)25-21(26-19(15)27)24-13-8-4-5-9-13/h1-3,6-7,11,13-14,16-17,20,28-30H,4-5,8-10H2,(H2,23,24,25,26)/t14-,16-,17-,20-/m1/s1. The number of hydrogen-bond donors (Lipinski definition) is 5. The number of nitrogens with zero attached hydrogens (tertiary/aromatic N) is 4. The summed E-state index contributed by atoms with van der Waals surface area (Å²) < 4.78 is 7.27. The molecule has 0 amide bonds. The second-order valence-electron chi connectivity index (χ2n) is 8.07. The summed E-state index contributed by atoms with van der Waals surface area (Å²) in [6, 6.07) is 9.96. The molecule has 0 unspecified atom stereocenters. The number of para-hydroxylation sites is 1. The minimum atomic E-state index is -1.22. The summed E-state index contributed by atoms with van der Waals surface area (Å²) in [7, 11) is 0. The van der Waals surface area contributed by atoms with Crippen molar-refractivity contribution in [3.05, 3.63) is 36.7 Å². The van der Waals surface area contributed by atoms with Gasteiger partial charge in [-0.3, -0.25) is 4.57 Å². The molecule has 1 aromatic carbocycles. The molecule has 0 spiro atoms. The average Bonchev–Trinajstić information content (AvgIpc) is 3.50. The number of fused-ring (bicyclic) bond motifs is 1. The normalized spacial score (nSPS) is 26.5. The van der Waals surface area contributed by atoms with Crippen molar-refractivity contribution in [1.82, 2.24) is 19.5 Å². The Morgan fingerprint density at radius 1 is 1.06 bits per heavy atom. The Balaban J connectivity index is 1.55. The molecule has 3 heterocycles. The molecule has 1 saturated heterocycles. The minimum Gasteiger partial charge on any atom is -0.394 e. The van der Waals surface area contributed by atoms with Crippen LogP contribution < -0.4 is 10.6 Å². The fraction of sp³-hybridized carbons (Fsp3) is 0.476. The van der Waals surface area contributed by atoms with Gasteiger partial charge in [-0.25, -0.2) is 4.98 Å². The number of aliphatic hydroxyl groups excluding tert-OH is 3. The molecule has 0 radical (unpaired) electrons. The van der Waals surface area contributed by atoms with E-state index in [4.69, 9.17) is 4.74 Å². The monoisotopic (exact) mass is 426 g/mol. The van der Waals surface area contributed by atoms with Crippen LogP contribution >= 0.6 is 0 Å². The van der Waals surface area contributed by atoms with Gasteiger partial charge in [0.25, 0.3) is 0 Å². The molecule has 10 nitrogen and oxygen atoms in total. The van der Waals surface area contributed by atoms with Crippen LogP contribution in [0.25, 0.3) is 11.2 Å². The first kappa shape index (κ1) is 20.1. The number of aromatic nitrogens is 4. The van der Waals surface area contributed by atoms with Crippen molar-refractivity contribution < 1.29 is 20.1 Å². The van der Waals surface area contributed by atoms with Crippen molar-refractivity contribution >= 4 is 28.6 Å². The molecule has 4 atom stereocenters. The highest BCUT2D eigenvalue weighted by atomic mass is 16.6. The Hall–Kier alpha value is -2.79. The molecule has 2 fully saturated rings. The van der Waals surface area contributed by atoms with E-state index in [1.54, 1.807) is 4.57 Å². The van der Waals surface area contributed by atoms with Crippen molar-refractivity contribution in [3.8, 4) is 0 Å². The van der Waals surface area contributed by atoms with E-state index in [-0.39, 0.29) is 0 Å². The lowest BCUT2D eigenvalue weighted by Gasteiger charge is -2.18. The number of ether oxygens (including phenoxy) is 1. The Kier molecular flexibility index (Phi) is 5.45. The third-order valence-electron chi connectivity index (χ3n) is 5.94. The van der Waals surface area contributed by atoms with Crippen LogP contribution in [0.1, 0.15) is 31.9 Å². The molecular formula is C21H26N6O4. The summed E-state index contributed by atoms with van der Waals surface area (Å²) in [6.07, 6.45) is 1.77. The summed E-state index contributed by atoms with van der Waals surface area (Å²) in [5, 5.41) is 36.8. The summed E-state index contributed by atoms with van der Waals surface area (Å²) in [6.45, 7) is -0.397. The molecule has 3 aromatic rings. The molecule has 1 saturated carbocycles. The van der Waals surface area contributed by atoms with Crippen molar-refractivity contribution in [2.75, 3.05) is 17.2 Å². The minimum absolute atomic E-state index is 0.312. The van der Waals surface area contributed by atoms with Crippen LogP contribution in [0.15, 0.2) is 36.7 Å². The highest BCUT2D eigenvalue weighted by Crippen LogP contribution is 2.33. The zero-order valence-corrected chi connectivity index (χ0v) is 16.9. The van der Waals surface area contributed by atoms with Crippen LogP contribution in [0.5, 0.6) is 0 Å². The second-order valence-corrected chi connectivity index (χ2v) is 8.07. The Morgan fingerprint density at radius 3 is 2.55 bits per heavy atom. The first-order valence-corrected chi connectivity index (χ1v) is 10.6. The molecular weight excluding hydrogens is 400 g/mol. The maximum atomic E-state index is 10.5. The van der Waals surface area contributed by atoms with E-state index in [1.165, 1.54) is 19.2 Å². The van der Waals surface area contributed by atoms with Crippen LogP contribution in [0.4, 0.5) is 17.5 Å². The Morgan fingerprint density at radius 2 is 1.84 bits per heavy atom. The van der Waals surface area contributed by atoms with Crippen LogP contribution in [0, 0.1) is 0 Å². The van der Waals surface area contributed by atoms with E-state index in [2.05, 4.69) is 25.6 Å². The molecule has 164 valence electrons. The molecule has 10 heteroatoms. The third kappa shape index (κ3) is 3.83. The van der Waals surface area contributed by atoms with Crippen LogP contribution in [0.3, 0.4) is 0 Å². The van der Waals surface area contributed by atoms with Crippen LogP contribution in [-0.4, -0.2) is 65.8 Å². The molecule has 5 rings (SSSR count). The lowest BCUT2D eigenvalue weighted by atomic mass is 10.1. The summed E-state index contributed by atoms with van der Waals surface area (Å²) in [4.78, 5) is 13.8. The topological polar surface area (TPSA) is 138 Å². The van der Waals surface area contributed by atoms with Crippen LogP contribution in [-0.2, 0) is 4.74 Å². The van der Waals surface area contributed by atoms with E-state index >= 15 is 0 Å². The fourth-order valence-electron chi connectivity index (χ4n) is 4.28. The van der Waals surface area contributed by atoms with Crippen molar-refractivity contribution in [1.29, 1.82) is 0 Å². The largest absolute Gasteiger partial charge is 0.394 e. The van der Waals surface area contributed by atoms with Gasteiger partial charge in [0.2, 0.25) is 5.95 Å². The molecule has 31 heavy (non-hydrogen) atoms. The average molecular weight is 426 g/mol. The number of hydrogen-bond acceptors (Lipinski definition) is 9. The fourth-order valence-corrected chi connectivity index (χ4v) is 4.28. The van der Waals surface area contributed by atoms with Gasteiger partial charge < -0.3 is 30.7 Å². The molecule has 0 bridgehead atoms. The van der Waals surface area contributed by atoms with E-state index in [0.29, 0.717) is 29.0 Å². The van der Waals surface area contributed by atoms with E-state index in [0.717, 1.165) is 18.5 Å². The second kappa shape index (κ2) is 8.39. The molecule has 1 aliphatic heterocycles. The first-order valence-electron chi connectivity index (χ1n) is 10.6. The maximum Gasteiger partial charge on any atom is 0.227 e. The van der Waals surface area contributed by atoms with Gasteiger partial charge in [-0.1, -0.05) is 31.0 Å². The first-order chi connectivity index (χ1) is 15.1. The molecule has 2 aromatic heterocycles. The van der Waals surface area contributed by atoms with Crippen LogP contribution in [0.2, 0.25) is 0 Å². The summed E-state index contributed by atoms with van der Waals surface area (Å²) in [5.41, 5.74) is 1.83. The van der Waals surface area contributed by atoms with Gasteiger partial charge in [0.15, 0.2) is 23.2 Å². The van der Waals surface area contributed by atoms with Gasteiger partial charge in [0.1, 0.15) is 18.3 Å². The number of nitrogens with one attached hydrogen (secondary N) is 2. The van der Waals surface area contributed by atoms with Gasteiger partial charge in [0, 0.05) is 11.7 Å². The highest BCUT2D eigenvalue weighted by molar-refractivity contribution is 5.86. The lowest BCUT2D eigenvalue weighted by Crippen LogP contribution is -2.33. The van der Waals surface area contributed by atoms with Crippen molar-refractivity contribution in [2.24, 2.45) is 0 Å². The van der Waals surface area contributed by atoms with Gasteiger partial charge in [-0.05, 0) is 25.0 Å². The number of imidazole rings is 1. The van der Waals surface area contributed by atoms with E-state index in [9.17, 15) is 15.3 Å². The SMILES string of the molecule is OC[C@H]1O[C@@H](n2cnc3c(Nc4ccccc4)nc(NC4CCCC4)nc32)[C@H](O)[C@@H]1O. The number of rotatable bonds is 6. The van der Waals surface area contributed by atoms with Gasteiger partial charge >= 0.3 is 0 Å². The number of aliphatic hydroxyl groups is 3. The predicted molar refractivity (Wildman–Crippen MR) is 114 cm³/mol. The van der Waals surface area contributed by atoms with E-state index < -0.39 is 31.1 Å². The third-order valence-corrected chi connectivity index (χ3v) is 5.94. The number of benzene rings is 1. The summed E-state index contributed by atoms with van der Waals surface area (Å²) >= 11 is 0. The maximum absolute atomic E-state index is 10.5. The molecule has 2 aliphatic rings.